The van der Waals surface area contributed by atoms with Crippen molar-refractivity contribution in [1.29, 1.82) is 0 Å². The molecule has 136 valence electrons. The zero-order valence-corrected chi connectivity index (χ0v) is 14.1. The Labute approximate surface area is 149 Å². The van der Waals surface area contributed by atoms with E-state index >= 15 is 0 Å². The number of carbonyl (C=O) groups excluding carboxylic acids is 1. The van der Waals surface area contributed by atoms with Crippen molar-refractivity contribution in [3.63, 3.8) is 0 Å². The number of aryl methyl sites for hydroxylation is 2. The summed E-state index contributed by atoms with van der Waals surface area (Å²) in [5, 5.41) is 33.1. The van der Waals surface area contributed by atoms with E-state index in [1.807, 2.05) is 0 Å². The lowest BCUT2D eigenvalue weighted by molar-refractivity contribution is -0.394. The number of hydrogen-bond donors (Lipinski definition) is 2. The molecule has 26 heavy (non-hydrogen) atoms. The van der Waals surface area contributed by atoms with Crippen molar-refractivity contribution in [1.82, 2.24) is 4.98 Å². The van der Waals surface area contributed by atoms with E-state index in [-0.39, 0.29) is 23.5 Å². The van der Waals surface area contributed by atoms with Gasteiger partial charge in [0.15, 0.2) is 5.13 Å². The predicted octanol–water partition coefficient (Wildman–Crippen LogP) is 2.54. The second-order valence-corrected chi connectivity index (χ2v) is 6.21. The molecule has 1 aromatic heterocycles. The van der Waals surface area contributed by atoms with Crippen LogP contribution in [-0.2, 0) is 11.2 Å². The van der Waals surface area contributed by atoms with E-state index in [4.69, 9.17) is 5.11 Å². The minimum atomic E-state index is -0.965. The van der Waals surface area contributed by atoms with E-state index in [0.29, 0.717) is 10.6 Å². The van der Waals surface area contributed by atoms with Crippen LogP contribution in [0.2, 0.25) is 0 Å². The molecular weight excluding hydrogens is 368 g/mol. The van der Waals surface area contributed by atoms with Crippen molar-refractivity contribution >= 4 is 39.7 Å². The van der Waals surface area contributed by atoms with Crippen molar-refractivity contribution < 1.29 is 24.5 Å². The highest BCUT2D eigenvalue weighted by Gasteiger charge is 2.21. The molecule has 11 nitrogen and oxygen atoms in total. The summed E-state index contributed by atoms with van der Waals surface area (Å²) in [4.78, 5) is 47.8. The minimum absolute atomic E-state index is 0.0898. The summed E-state index contributed by atoms with van der Waals surface area (Å²) < 4.78 is 0. The van der Waals surface area contributed by atoms with Gasteiger partial charge in [-0.1, -0.05) is 0 Å². The lowest BCUT2D eigenvalue weighted by Gasteiger charge is -2.02. The zero-order chi connectivity index (χ0) is 19.4. The molecule has 0 atom stereocenters. The van der Waals surface area contributed by atoms with E-state index in [0.717, 1.165) is 29.5 Å². The molecule has 0 bridgehead atoms. The monoisotopic (exact) mass is 380 g/mol. The number of nitro groups is 2. The fourth-order valence-corrected chi connectivity index (χ4v) is 3.00. The molecule has 0 unspecified atom stereocenters. The molecule has 1 aromatic carbocycles. The van der Waals surface area contributed by atoms with Crippen LogP contribution in [0.5, 0.6) is 0 Å². The van der Waals surface area contributed by atoms with Crippen molar-refractivity contribution in [2.24, 2.45) is 0 Å². The van der Waals surface area contributed by atoms with Crippen LogP contribution < -0.4 is 5.32 Å². The summed E-state index contributed by atoms with van der Waals surface area (Å²) in [6.07, 6.45) is 0.157. The summed E-state index contributed by atoms with van der Waals surface area (Å²) in [7, 11) is 0. The van der Waals surface area contributed by atoms with Gasteiger partial charge in [0, 0.05) is 17.0 Å². The third-order valence-electron chi connectivity index (χ3n) is 3.27. The fourth-order valence-electron chi connectivity index (χ4n) is 2.04. The van der Waals surface area contributed by atoms with Crippen molar-refractivity contribution in [2.75, 3.05) is 5.32 Å². The summed E-state index contributed by atoms with van der Waals surface area (Å²) in [6.45, 7) is 1.65. The Hall–Kier alpha value is -3.41. The molecular formula is C14H12N4O7S. The molecule has 12 heteroatoms. The number of benzene rings is 1. The topological polar surface area (TPSA) is 166 Å². The molecule has 0 saturated heterocycles. The highest BCUT2D eigenvalue weighted by atomic mass is 32.1. The Morgan fingerprint density at radius 1 is 1.19 bits per heavy atom. The molecule has 2 aromatic rings. The minimum Gasteiger partial charge on any atom is -0.481 e. The van der Waals surface area contributed by atoms with Gasteiger partial charge in [0.25, 0.3) is 17.3 Å². The Kier molecular flexibility index (Phi) is 5.57. The summed E-state index contributed by atoms with van der Waals surface area (Å²) in [5.74, 6) is -1.76. The average Bonchev–Trinajstić information content (AvgIpc) is 2.91. The van der Waals surface area contributed by atoms with E-state index in [1.165, 1.54) is 0 Å². The number of nitrogens with one attached hydrogen (secondary N) is 1. The standard InChI is InChI=1S/C14H12N4O7S/c1-7-11(2-3-12(19)20)26-14(15-7)16-13(21)8-4-9(17(22)23)6-10(5-8)18(24)25/h4-6H,2-3H2,1H3,(H,19,20)(H,15,16,21). The van der Waals surface area contributed by atoms with Gasteiger partial charge in [0.05, 0.1) is 33.6 Å². The predicted molar refractivity (Wildman–Crippen MR) is 90.5 cm³/mol. The Balaban J connectivity index is 2.24. The van der Waals surface area contributed by atoms with Crippen LogP contribution in [-0.4, -0.2) is 31.8 Å². The van der Waals surface area contributed by atoms with Gasteiger partial charge < -0.3 is 5.11 Å². The first kappa shape index (κ1) is 18.9. The largest absolute Gasteiger partial charge is 0.481 e. The first-order valence-electron chi connectivity index (χ1n) is 7.10. The van der Waals surface area contributed by atoms with Gasteiger partial charge >= 0.3 is 5.97 Å². The van der Waals surface area contributed by atoms with E-state index in [2.05, 4.69) is 10.3 Å². The fraction of sp³-hybridized carbons (Fsp3) is 0.214. The van der Waals surface area contributed by atoms with Gasteiger partial charge in [-0.25, -0.2) is 4.98 Å². The van der Waals surface area contributed by atoms with Gasteiger partial charge in [-0.05, 0) is 13.3 Å². The second-order valence-electron chi connectivity index (χ2n) is 5.13. The van der Waals surface area contributed by atoms with Gasteiger partial charge in [-0.15, -0.1) is 11.3 Å². The van der Waals surface area contributed by atoms with Crippen molar-refractivity contribution in [3.8, 4) is 0 Å². The third kappa shape index (κ3) is 4.57. The molecule has 0 fully saturated rings. The molecule has 0 aliphatic rings. The van der Waals surface area contributed by atoms with Crippen LogP contribution in [0.25, 0.3) is 0 Å². The molecule has 2 rings (SSSR count). The average molecular weight is 380 g/mol. The number of carbonyl (C=O) groups is 2. The molecule has 1 amide bonds. The van der Waals surface area contributed by atoms with Crippen LogP contribution >= 0.6 is 11.3 Å². The maximum Gasteiger partial charge on any atom is 0.303 e. The quantitative estimate of drug-likeness (QED) is 0.546. The number of anilines is 1. The molecule has 1 heterocycles. The zero-order valence-electron chi connectivity index (χ0n) is 13.3. The van der Waals surface area contributed by atoms with Crippen LogP contribution in [0.4, 0.5) is 16.5 Å². The molecule has 0 aliphatic carbocycles. The Morgan fingerprint density at radius 3 is 2.27 bits per heavy atom. The number of aromatic nitrogens is 1. The maximum absolute atomic E-state index is 12.3. The number of hydrogen-bond acceptors (Lipinski definition) is 8. The molecule has 0 spiro atoms. The summed E-state index contributed by atoms with van der Waals surface area (Å²) >= 11 is 1.07. The number of carboxylic acids is 1. The maximum atomic E-state index is 12.3. The number of nitro benzene ring substituents is 2. The van der Waals surface area contributed by atoms with Gasteiger partial charge in [-0.3, -0.25) is 35.1 Å². The number of nitrogens with zero attached hydrogens (tertiary/aromatic N) is 3. The Morgan fingerprint density at radius 2 is 1.77 bits per heavy atom. The highest BCUT2D eigenvalue weighted by molar-refractivity contribution is 7.15. The number of non-ortho nitro benzene ring substituents is 2. The SMILES string of the molecule is Cc1nc(NC(=O)c2cc([N+](=O)[O-])cc([N+](=O)[O-])c2)sc1CCC(=O)O. The number of aliphatic carboxylic acids is 1. The number of carboxylic acid groups (broad SMARTS) is 1. The summed E-state index contributed by atoms with van der Waals surface area (Å²) in [5.41, 5.74) is -0.869. The first-order valence-corrected chi connectivity index (χ1v) is 7.92. The molecule has 0 radical (unpaired) electrons. The summed E-state index contributed by atoms with van der Waals surface area (Å²) in [6, 6.07) is 2.61. The van der Waals surface area contributed by atoms with Crippen LogP contribution in [0, 0.1) is 27.2 Å². The lowest BCUT2D eigenvalue weighted by Crippen LogP contribution is -2.12. The lowest BCUT2D eigenvalue weighted by atomic mass is 10.1. The first-order chi connectivity index (χ1) is 12.2. The van der Waals surface area contributed by atoms with Crippen molar-refractivity contribution in [3.05, 3.63) is 54.6 Å². The number of rotatable bonds is 7. The number of thiazole rings is 1. The molecule has 2 N–H and O–H groups in total. The van der Waals surface area contributed by atoms with Crippen LogP contribution in [0.15, 0.2) is 18.2 Å². The molecule has 0 aliphatic heterocycles. The van der Waals surface area contributed by atoms with Gasteiger partial charge in [-0.2, -0.15) is 0 Å². The van der Waals surface area contributed by atoms with Crippen molar-refractivity contribution in [2.45, 2.75) is 19.8 Å². The smallest absolute Gasteiger partial charge is 0.303 e. The molecule has 0 saturated carbocycles. The van der Waals surface area contributed by atoms with E-state index in [1.54, 1.807) is 6.92 Å². The highest BCUT2D eigenvalue weighted by Crippen LogP contribution is 2.26. The number of amides is 1. The van der Waals surface area contributed by atoms with Gasteiger partial charge in [0.1, 0.15) is 0 Å². The van der Waals surface area contributed by atoms with Crippen LogP contribution in [0.1, 0.15) is 27.3 Å². The van der Waals surface area contributed by atoms with Crippen LogP contribution in [0.3, 0.4) is 0 Å². The van der Waals surface area contributed by atoms with E-state index in [9.17, 15) is 29.8 Å². The van der Waals surface area contributed by atoms with Gasteiger partial charge in [0.2, 0.25) is 0 Å². The normalized spacial score (nSPS) is 10.3. The second kappa shape index (κ2) is 7.65. The third-order valence-corrected chi connectivity index (χ3v) is 4.40. The van der Waals surface area contributed by atoms with E-state index < -0.39 is 33.1 Å². The Bertz CT molecular complexity index is 876.